The zero-order valence-electron chi connectivity index (χ0n) is 9.03. The summed E-state index contributed by atoms with van der Waals surface area (Å²) < 4.78 is 22.9. The zero-order valence-corrected chi connectivity index (χ0v) is 9.84. The SMILES string of the molecule is CCS(=O)(=O)Cc1cc2ccc(N)cc2[nH]1. The Bertz CT molecular complexity index is 614. The van der Waals surface area contributed by atoms with E-state index in [1.165, 1.54) is 0 Å². The highest BCUT2D eigenvalue weighted by Crippen LogP contribution is 2.19. The molecular formula is C11H14N2O2S. The number of H-pyrrole nitrogens is 1. The summed E-state index contributed by atoms with van der Waals surface area (Å²) in [5.41, 5.74) is 7.90. The molecule has 0 atom stereocenters. The van der Waals surface area contributed by atoms with Crippen molar-refractivity contribution in [1.82, 2.24) is 4.98 Å². The van der Waals surface area contributed by atoms with E-state index in [4.69, 9.17) is 5.73 Å². The quantitative estimate of drug-likeness (QED) is 0.799. The van der Waals surface area contributed by atoms with Gasteiger partial charge in [-0.15, -0.1) is 0 Å². The van der Waals surface area contributed by atoms with Gasteiger partial charge >= 0.3 is 0 Å². The lowest BCUT2D eigenvalue weighted by Crippen LogP contribution is -2.06. The summed E-state index contributed by atoms with van der Waals surface area (Å²) in [6.07, 6.45) is 0. The molecule has 0 amide bonds. The van der Waals surface area contributed by atoms with E-state index in [1.807, 2.05) is 12.1 Å². The summed E-state index contributed by atoms with van der Waals surface area (Å²) in [6.45, 7) is 1.65. The fourth-order valence-electron chi connectivity index (χ4n) is 1.62. The minimum absolute atomic E-state index is 0.0537. The molecule has 0 aliphatic heterocycles. The van der Waals surface area contributed by atoms with Crippen LogP contribution in [0.3, 0.4) is 0 Å². The molecule has 2 rings (SSSR count). The van der Waals surface area contributed by atoms with Gasteiger partial charge in [0.2, 0.25) is 0 Å². The van der Waals surface area contributed by atoms with E-state index < -0.39 is 9.84 Å². The molecule has 86 valence electrons. The van der Waals surface area contributed by atoms with Gasteiger partial charge in [0, 0.05) is 22.7 Å². The third-order valence-electron chi connectivity index (χ3n) is 2.52. The standard InChI is InChI=1S/C11H14N2O2S/c1-2-16(14,15)7-10-5-8-3-4-9(12)6-11(8)13-10/h3-6,13H,2,7,12H2,1H3. The van der Waals surface area contributed by atoms with Crippen LogP contribution in [0.15, 0.2) is 24.3 Å². The lowest BCUT2D eigenvalue weighted by Gasteiger charge is -1.97. The summed E-state index contributed by atoms with van der Waals surface area (Å²) in [5.74, 6) is 0.211. The molecule has 2 aromatic rings. The van der Waals surface area contributed by atoms with Gasteiger partial charge < -0.3 is 10.7 Å². The van der Waals surface area contributed by atoms with E-state index in [0.29, 0.717) is 11.4 Å². The number of benzene rings is 1. The summed E-state index contributed by atoms with van der Waals surface area (Å²) in [7, 11) is -2.99. The molecule has 0 spiro atoms. The fraction of sp³-hybridized carbons (Fsp3) is 0.273. The highest BCUT2D eigenvalue weighted by Gasteiger charge is 2.10. The second kappa shape index (κ2) is 3.83. The smallest absolute Gasteiger partial charge is 0.155 e. The van der Waals surface area contributed by atoms with E-state index in [9.17, 15) is 8.42 Å². The number of nitrogen functional groups attached to an aromatic ring is 1. The van der Waals surface area contributed by atoms with Gasteiger partial charge in [0.15, 0.2) is 9.84 Å². The van der Waals surface area contributed by atoms with Crippen molar-refractivity contribution in [2.75, 3.05) is 11.5 Å². The van der Waals surface area contributed by atoms with Gasteiger partial charge in [0.05, 0.1) is 5.75 Å². The average Bonchev–Trinajstić information content (AvgIpc) is 2.58. The topological polar surface area (TPSA) is 75.9 Å². The van der Waals surface area contributed by atoms with E-state index in [-0.39, 0.29) is 11.5 Å². The molecule has 3 N–H and O–H groups in total. The van der Waals surface area contributed by atoms with Gasteiger partial charge in [-0.3, -0.25) is 0 Å². The van der Waals surface area contributed by atoms with E-state index >= 15 is 0 Å². The van der Waals surface area contributed by atoms with Crippen LogP contribution >= 0.6 is 0 Å². The minimum Gasteiger partial charge on any atom is -0.399 e. The molecule has 4 nitrogen and oxygen atoms in total. The number of hydrogen-bond donors (Lipinski definition) is 2. The normalized spacial score (nSPS) is 12.1. The third kappa shape index (κ3) is 2.19. The molecule has 0 radical (unpaired) electrons. The summed E-state index contributed by atoms with van der Waals surface area (Å²) in [5, 5.41) is 0.982. The molecule has 1 heterocycles. The minimum atomic E-state index is -2.99. The van der Waals surface area contributed by atoms with Crippen molar-refractivity contribution in [3.05, 3.63) is 30.0 Å². The van der Waals surface area contributed by atoms with Crippen LogP contribution < -0.4 is 5.73 Å². The fourth-order valence-corrected chi connectivity index (χ4v) is 2.45. The van der Waals surface area contributed by atoms with Crippen LogP contribution in [0.2, 0.25) is 0 Å². The number of fused-ring (bicyclic) bond motifs is 1. The Labute approximate surface area is 94.4 Å². The maximum atomic E-state index is 11.5. The molecule has 0 aliphatic rings. The monoisotopic (exact) mass is 238 g/mol. The first-order valence-electron chi connectivity index (χ1n) is 5.08. The van der Waals surface area contributed by atoms with Crippen LogP contribution in [0.4, 0.5) is 5.69 Å². The molecule has 1 aromatic heterocycles. The molecule has 0 fully saturated rings. The van der Waals surface area contributed by atoms with Crippen molar-refractivity contribution in [1.29, 1.82) is 0 Å². The van der Waals surface area contributed by atoms with Crippen LogP contribution in [0.25, 0.3) is 10.9 Å². The second-order valence-electron chi connectivity index (χ2n) is 3.82. The predicted octanol–water partition coefficient (Wildman–Crippen LogP) is 1.68. The largest absolute Gasteiger partial charge is 0.399 e. The Morgan fingerprint density at radius 2 is 2.06 bits per heavy atom. The van der Waals surface area contributed by atoms with Gasteiger partial charge in [-0.1, -0.05) is 13.0 Å². The van der Waals surface area contributed by atoms with E-state index in [1.54, 1.807) is 19.1 Å². The van der Waals surface area contributed by atoms with Crippen molar-refractivity contribution in [3.8, 4) is 0 Å². The number of rotatable bonds is 3. The molecular weight excluding hydrogens is 224 g/mol. The zero-order chi connectivity index (χ0) is 11.8. The number of anilines is 1. The molecule has 0 saturated carbocycles. The molecule has 5 heteroatoms. The number of nitrogens with one attached hydrogen (secondary N) is 1. The molecule has 16 heavy (non-hydrogen) atoms. The van der Waals surface area contributed by atoms with Gasteiger partial charge in [0.25, 0.3) is 0 Å². The maximum absolute atomic E-state index is 11.5. The predicted molar refractivity (Wildman–Crippen MR) is 65.9 cm³/mol. The molecule has 0 aliphatic carbocycles. The maximum Gasteiger partial charge on any atom is 0.155 e. The van der Waals surface area contributed by atoms with Crippen LogP contribution in [-0.2, 0) is 15.6 Å². The Balaban J connectivity index is 2.40. The van der Waals surface area contributed by atoms with Crippen molar-refractivity contribution < 1.29 is 8.42 Å². The average molecular weight is 238 g/mol. The summed E-state index contributed by atoms with van der Waals surface area (Å²) in [6, 6.07) is 7.33. The molecule has 0 bridgehead atoms. The summed E-state index contributed by atoms with van der Waals surface area (Å²) >= 11 is 0. The Hall–Kier alpha value is -1.49. The highest BCUT2D eigenvalue weighted by atomic mass is 32.2. The molecule has 0 unspecified atom stereocenters. The Kier molecular flexibility index (Phi) is 2.63. The van der Waals surface area contributed by atoms with Crippen LogP contribution in [-0.4, -0.2) is 19.2 Å². The van der Waals surface area contributed by atoms with Crippen molar-refractivity contribution >= 4 is 26.4 Å². The van der Waals surface area contributed by atoms with Crippen molar-refractivity contribution in [2.24, 2.45) is 0 Å². The van der Waals surface area contributed by atoms with Gasteiger partial charge in [-0.25, -0.2) is 8.42 Å². The first-order chi connectivity index (χ1) is 7.50. The van der Waals surface area contributed by atoms with Gasteiger partial charge in [0.1, 0.15) is 0 Å². The first-order valence-corrected chi connectivity index (χ1v) is 6.90. The molecule has 1 aromatic carbocycles. The second-order valence-corrected chi connectivity index (χ2v) is 6.17. The number of sulfone groups is 1. The Morgan fingerprint density at radius 3 is 2.75 bits per heavy atom. The Morgan fingerprint density at radius 1 is 1.31 bits per heavy atom. The first kappa shape index (κ1) is 11.0. The number of aromatic amines is 1. The van der Waals surface area contributed by atoms with Gasteiger partial charge in [-0.05, 0) is 23.6 Å². The van der Waals surface area contributed by atoms with Crippen LogP contribution in [0.5, 0.6) is 0 Å². The lowest BCUT2D eigenvalue weighted by molar-refractivity contribution is 0.596. The van der Waals surface area contributed by atoms with E-state index in [0.717, 1.165) is 10.9 Å². The highest BCUT2D eigenvalue weighted by molar-refractivity contribution is 7.90. The summed E-state index contributed by atoms with van der Waals surface area (Å²) in [4.78, 5) is 3.07. The van der Waals surface area contributed by atoms with Gasteiger partial charge in [-0.2, -0.15) is 0 Å². The van der Waals surface area contributed by atoms with Crippen LogP contribution in [0, 0.1) is 0 Å². The van der Waals surface area contributed by atoms with Crippen molar-refractivity contribution in [3.63, 3.8) is 0 Å². The van der Waals surface area contributed by atoms with Crippen LogP contribution in [0.1, 0.15) is 12.6 Å². The third-order valence-corrected chi connectivity index (χ3v) is 4.15. The molecule has 0 saturated heterocycles. The number of nitrogens with two attached hydrogens (primary N) is 1. The van der Waals surface area contributed by atoms with Crippen molar-refractivity contribution in [2.45, 2.75) is 12.7 Å². The number of aromatic nitrogens is 1. The number of hydrogen-bond acceptors (Lipinski definition) is 3. The van der Waals surface area contributed by atoms with E-state index in [2.05, 4.69) is 4.98 Å². The lowest BCUT2D eigenvalue weighted by atomic mass is 10.2.